The number of benzene rings is 1. The van der Waals surface area contributed by atoms with Crippen LogP contribution in [-0.2, 0) is 6.42 Å². The zero-order chi connectivity index (χ0) is 14.8. The monoisotopic (exact) mass is 304 g/mol. The van der Waals surface area contributed by atoms with Crippen LogP contribution in [0, 0.1) is 11.7 Å². The van der Waals surface area contributed by atoms with E-state index in [0.29, 0.717) is 24.3 Å². The zero-order valence-electron chi connectivity index (χ0n) is 11.4. The number of Topliss-reactive ketones (excluding diaryl/α,β-unsaturated/α-hetero) is 1. The number of ketones is 1. The van der Waals surface area contributed by atoms with Crippen molar-refractivity contribution in [3.63, 3.8) is 0 Å². The van der Waals surface area contributed by atoms with Crippen LogP contribution >= 0.6 is 11.6 Å². The van der Waals surface area contributed by atoms with Gasteiger partial charge >= 0.3 is 0 Å². The molecule has 2 aromatic rings. The SMILES string of the molecule is O=C(CC1CC1)c1ccc(Cc2nc(Cl)ncc2F)cc1. The van der Waals surface area contributed by atoms with Crippen molar-refractivity contribution in [2.75, 3.05) is 0 Å². The van der Waals surface area contributed by atoms with E-state index in [1.54, 1.807) is 12.1 Å². The maximum atomic E-state index is 13.6. The van der Waals surface area contributed by atoms with Crippen molar-refractivity contribution in [1.82, 2.24) is 9.97 Å². The molecular weight excluding hydrogens is 291 g/mol. The van der Waals surface area contributed by atoms with E-state index in [1.807, 2.05) is 12.1 Å². The Hall–Kier alpha value is -1.81. The Kier molecular flexibility index (Phi) is 3.97. The molecule has 21 heavy (non-hydrogen) atoms. The van der Waals surface area contributed by atoms with Crippen LogP contribution in [0.25, 0.3) is 0 Å². The molecule has 0 amide bonds. The van der Waals surface area contributed by atoms with Gasteiger partial charge in [-0.1, -0.05) is 24.3 Å². The fraction of sp³-hybridized carbons (Fsp3) is 0.312. The van der Waals surface area contributed by atoms with Gasteiger partial charge in [-0.05, 0) is 35.9 Å². The minimum atomic E-state index is -0.478. The summed E-state index contributed by atoms with van der Waals surface area (Å²) in [7, 11) is 0. The fourth-order valence-electron chi connectivity index (χ4n) is 2.21. The summed E-state index contributed by atoms with van der Waals surface area (Å²) in [4.78, 5) is 19.4. The number of halogens is 2. The summed E-state index contributed by atoms with van der Waals surface area (Å²) in [5, 5.41) is 0.0302. The van der Waals surface area contributed by atoms with Gasteiger partial charge in [-0.3, -0.25) is 4.79 Å². The Morgan fingerprint density at radius 1 is 1.29 bits per heavy atom. The first-order valence-electron chi connectivity index (χ1n) is 6.91. The van der Waals surface area contributed by atoms with Gasteiger partial charge in [0, 0.05) is 18.4 Å². The average molecular weight is 305 g/mol. The summed E-state index contributed by atoms with van der Waals surface area (Å²) in [6, 6.07) is 7.24. The molecule has 1 aliphatic rings. The molecular formula is C16H14ClFN2O. The van der Waals surface area contributed by atoms with Crippen LogP contribution in [0.5, 0.6) is 0 Å². The van der Waals surface area contributed by atoms with Gasteiger partial charge in [0.1, 0.15) is 0 Å². The van der Waals surface area contributed by atoms with Crippen LogP contribution in [0.2, 0.25) is 5.28 Å². The Bertz CT molecular complexity index is 668. The summed E-state index contributed by atoms with van der Waals surface area (Å²) in [6.07, 6.45) is 4.36. The molecule has 0 bridgehead atoms. The van der Waals surface area contributed by atoms with Crippen molar-refractivity contribution in [1.29, 1.82) is 0 Å². The molecule has 1 fully saturated rings. The highest BCUT2D eigenvalue weighted by molar-refractivity contribution is 6.28. The van der Waals surface area contributed by atoms with Gasteiger partial charge in [0.2, 0.25) is 5.28 Å². The lowest BCUT2D eigenvalue weighted by molar-refractivity contribution is 0.0976. The highest BCUT2D eigenvalue weighted by Gasteiger charge is 2.24. The maximum absolute atomic E-state index is 13.6. The predicted octanol–water partition coefficient (Wildman–Crippen LogP) is 3.84. The van der Waals surface area contributed by atoms with Crippen molar-refractivity contribution >= 4 is 17.4 Å². The molecule has 1 saturated carbocycles. The molecule has 0 atom stereocenters. The van der Waals surface area contributed by atoms with E-state index in [1.165, 1.54) is 0 Å². The summed E-state index contributed by atoms with van der Waals surface area (Å²) in [5.41, 5.74) is 1.85. The average Bonchev–Trinajstić information content (AvgIpc) is 3.27. The molecule has 3 nitrogen and oxygen atoms in total. The maximum Gasteiger partial charge on any atom is 0.222 e. The second-order valence-corrected chi connectivity index (χ2v) is 5.72. The van der Waals surface area contributed by atoms with Crippen LogP contribution in [0.3, 0.4) is 0 Å². The van der Waals surface area contributed by atoms with Gasteiger partial charge in [-0.25, -0.2) is 14.4 Å². The van der Waals surface area contributed by atoms with Gasteiger partial charge in [0.15, 0.2) is 11.6 Å². The lowest BCUT2D eigenvalue weighted by Crippen LogP contribution is -2.02. The van der Waals surface area contributed by atoms with Crippen LogP contribution in [0.4, 0.5) is 4.39 Å². The van der Waals surface area contributed by atoms with E-state index in [-0.39, 0.29) is 16.8 Å². The van der Waals surface area contributed by atoms with Gasteiger partial charge in [-0.15, -0.1) is 0 Å². The van der Waals surface area contributed by atoms with E-state index in [0.717, 1.165) is 24.6 Å². The van der Waals surface area contributed by atoms with Crippen molar-refractivity contribution in [2.24, 2.45) is 5.92 Å². The fourth-order valence-corrected chi connectivity index (χ4v) is 2.36. The molecule has 0 aliphatic heterocycles. The first-order chi connectivity index (χ1) is 10.1. The van der Waals surface area contributed by atoms with Crippen LogP contribution in [-0.4, -0.2) is 15.8 Å². The van der Waals surface area contributed by atoms with Crippen LogP contribution in [0.15, 0.2) is 30.5 Å². The lowest BCUT2D eigenvalue weighted by atomic mass is 10.0. The zero-order valence-corrected chi connectivity index (χ0v) is 12.1. The molecule has 0 unspecified atom stereocenters. The van der Waals surface area contributed by atoms with Gasteiger partial charge < -0.3 is 0 Å². The number of aromatic nitrogens is 2. The van der Waals surface area contributed by atoms with Gasteiger partial charge in [0.25, 0.3) is 0 Å². The topological polar surface area (TPSA) is 42.9 Å². The first kappa shape index (κ1) is 14.1. The lowest BCUT2D eigenvalue weighted by Gasteiger charge is -2.05. The highest BCUT2D eigenvalue weighted by Crippen LogP contribution is 2.33. The number of nitrogens with zero attached hydrogens (tertiary/aromatic N) is 2. The molecule has 108 valence electrons. The molecule has 0 spiro atoms. The molecule has 0 saturated heterocycles. The van der Waals surface area contributed by atoms with E-state index in [4.69, 9.17) is 11.6 Å². The van der Waals surface area contributed by atoms with Crippen molar-refractivity contribution in [3.05, 3.63) is 58.4 Å². The Balaban J connectivity index is 1.71. The molecule has 5 heteroatoms. The van der Waals surface area contributed by atoms with Gasteiger partial charge in [0.05, 0.1) is 11.9 Å². The van der Waals surface area contributed by atoms with E-state index in [9.17, 15) is 9.18 Å². The molecule has 1 aromatic heterocycles. The molecule has 1 aliphatic carbocycles. The second kappa shape index (κ2) is 5.90. The Morgan fingerprint density at radius 2 is 2.00 bits per heavy atom. The van der Waals surface area contributed by atoms with E-state index in [2.05, 4.69) is 9.97 Å². The van der Waals surface area contributed by atoms with Crippen molar-refractivity contribution in [2.45, 2.75) is 25.7 Å². The number of hydrogen-bond acceptors (Lipinski definition) is 3. The predicted molar refractivity (Wildman–Crippen MR) is 77.9 cm³/mol. The summed E-state index contributed by atoms with van der Waals surface area (Å²) in [6.45, 7) is 0. The van der Waals surface area contributed by atoms with E-state index >= 15 is 0 Å². The number of carbonyl (C=O) groups is 1. The molecule has 1 heterocycles. The smallest absolute Gasteiger partial charge is 0.222 e. The third-order valence-corrected chi connectivity index (χ3v) is 3.79. The highest BCUT2D eigenvalue weighted by atomic mass is 35.5. The molecule has 0 radical (unpaired) electrons. The van der Waals surface area contributed by atoms with Crippen molar-refractivity contribution < 1.29 is 9.18 Å². The third-order valence-electron chi connectivity index (χ3n) is 3.61. The quantitative estimate of drug-likeness (QED) is 0.622. The van der Waals surface area contributed by atoms with Gasteiger partial charge in [-0.2, -0.15) is 0 Å². The Labute approximate surface area is 127 Å². The summed E-state index contributed by atoms with van der Waals surface area (Å²) in [5.74, 6) is 0.281. The number of rotatable bonds is 5. The molecule has 0 N–H and O–H groups in total. The van der Waals surface area contributed by atoms with Crippen LogP contribution < -0.4 is 0 Å². The third kappa shape index (κ3) is 3.64. The number of carbonyl (C=O) groups excluding carboxylic acids is 1. The first-order valence-corrected chi connectivity index (χ1v) is 7.28. The number of hydrogen-bond donors (Lipinski definition) is 0. The largest absolute Gasteiger partial charge is 0.294 e. The minimum absolute atomic E-state index is 0.0302. The molecule has 3 rings (SSSR count). The van der Waals surface area contributed by atoms with Crippen molar-refractivity contribution in [3.8, 4) is 0 Å². The standard InChI is InChI=1S/C16H14ClFN2O/c17-16-19-9-13(18)14(20-16)7-10-3-5-12(6-4-10)15(21)8-11-1-2-11/h3-6,9,11H,1-2,7-8H2. The van der Waals surface area contributed by atoms with E-state index < -0.39 is 5.82 Å². The summed E-state index contributed by atoms with van der Waals surface area (Å²) < 4.78 is 13.6. The Morgan fingerprint density at radius 3 is 2.67 bits per heavy atom. The minimum Gasteiger partial charge on any atom is -0.294 e. The summed E-state index contributed by atoms with van der Waals surface area (Å²) >= 11 is 5.67. The van der Waals surface area contributed by atoms with Crippen LogP contribution in [0.1, 0.15) is 40.9 Å². The second-order valence-electron chi connectivity index (χ2n) is 5.38. The molecule has 1 aromatic carbocycles. The normalized spacial score (nSPS) is 14.2.